The summed E-state index contributed by atoms with van der Waals surface area (Å²) in [6.45, 7) is 6.43. The van der Waals surface area contributed by atoms with E-state index in [1.807, 2.05) is 6.92 Å². The molecule has 0 bridgehead atoms. The van der Waals surface area contributed by atoms with Crippen LogP contribution in [0.1, 0.15) is 30.9 Å². The first-order chi connectivity index (χ1) is 12.3. The smallest absolute Gasteiger partial charge is 0.191 e. The zero-order valence-electron chi connectivity index (χ0n) is 15.7. The van der Waals surface area contributed by atoms with Crippen molar-refractivity contribution >= 4 is 29.9 Å². The minimum atomic E-state index is -1.24. The van der Waals surface area contributed by atoms with Crippen LogP contribution in [0.5, 0.6) is 0 Å². The van der Waals surface area contributed by atoms with E-state index in [-0.39, 0.29) is 30.5 Å². The third kappa shape index (κ3) is 7.10. The number of halogens is 3. The second-order valence-corrected chi connectivity index (χ2v) is 6.29. The van der Waals surface area contributed by atoms with Crippen molar-refractivity contribution in [3.63, 3.8) is 0 Å². The van der Waals surface area contributed by atoms with E-state index < -0.39 is 17.2 Å². The van der Waals surface area contributed by atoms with Crippen LogP contribution in [0.3, 0.4) is 0 Å². The number of furan rings is 1. The summed E-state index contributed by atoms with van der Waals surface area (Å²) in [5.74, 6) is 0.730. The highest BCUT2D eigenvalue weighted by molar-refractivity contribution is 14.0. The average Bonchev–Trinajstić information content (AvgIpc) is 3.03. The molecule has 0 aliphatic heterocycles. The molecule has 150 valence electrons. The summed E-state index contributed by atoms with van der Waals surface area (Å²) in [4.78, 5) is 4.36. The number of hydrogen-bond acceptors (Lipinski definition) is 3. The highest BCUT2D eigenvalue weighted by Crippen LogP contribution is 2.23. The van der Waals surface area contributed by atoms with Gasteiger partial charge < -0.3 is 20.2 Å². The molecule has 1 unspecified atom stereocenters. The van der Waals surface area contributed by atoms with Gasteiger partial charge in [-0.05, 0) is 63.1 Å². The predicted octanol–water partition coefficient (Wildman–Crippen LogP) is 3.49. The Bertz CT molecular complexity index is 763. The van der Waals surface area contributed by atoms with Crippen molar-refractivity contribution in [2.24, 2.45) is 4.99 Å². The van der Waals surface area contributed by atoms with Gasteiger partial charge in [0.25, 0.3) is 0 Å². The van der Waals surface area contributed by atoms with E-state index in [4.69, 9.17) is 4.42 Å². The van der Waals surface area contributed by atoms with Crippen molar-refractivity contribution in [2.45, 2.75) is 32.8 Å². The summed E-state index contributed by atoms with van der Waals surface area (Å²) in [6.07, 6.45) is 0.307. The molecule has 0 radical (unpaired) electrons. The van der Waals surface area contributed by atoms with Gasteiger partial charge >= 0.3 is 0 Å². The molecule has 0 saturated heterocycles. The summed E-state index contributed by atoms with van der Waals surface area (Å²) >= 11 is 0. The third-order valence-electron chi connectivity index (χ3n) is 3.86. The second kappa shape index (κ2) is 10.6. The number of aliphatic imine (C=N–C) groups is 1. The minimum Gasteiger partial charge on any atom is -0.463 e. The molecule has 1 aromatic heterocycles. The molecule has 8 heteroatoms. The summed E-state index contributed by atoms with van der Waals surface area (Å²) < 4.78 is 32.3. The van der Waals surface area contributed by atoms with E-state index in [1.165, 1.54) is 6.07 Å². The lowest BCUT2D eigenvalue weighted by atomic mass is 10.0. The zero-order valence-corrected chi connectivity index (χ0v) is 18.0. The van der Waals surface area contributed by atoms with E-state index in [1.54, 1.807) is 26.0 Å². The Hall–Kier alpha value is -1.68. The quantitative estimate of drug-likeness (QED) is 0.314. The molecule has 0 saturated carbocycles. The van der Waals surface area contributed by atoms with Gasteiger partial charge in [0.2, 0.25) is 0 Å². The first-order valence-corrected chi connectivity index (χ1v) is 8.57. The van der Waals surface area contributed by atoms with Gasteiger partial charge in [0.05, 0.1) is 6.54 Å². The van der Waals surface area contributed by atoms with Crippen LogP contribution in [-0.4, -0.2) is 30.7 Å². The Morgan fingerprint density at radius 2 is 1.96 bits per heavy atom. The van der Waals surface area contributed by atoms with E-state index in [9.17, 15) is 13.9 Å². The Kier molecular flexibility index (Phi) is 9.17. The number of rotatable bonds is 7. The molecule has 1 heterocycles. The van der Waals surface area contributed by atoms with Crippen LogP contribution >= 0.6 is 24.0 Å². The first-order valence-electron chi connectivity index (χ1n) is 8.57. The molecule has 1 aromatic carbocycles. The Balaban J connectivity index is 0.00000364. The van der Waals surface area contributed by atoms with Crippen molar-refractivity contribution in [3.8, 4) is 0 Å². The predicted molar refractivity (Wildman–Crippen MR) is 112 cm³/mol. The molecule has 2 aromatic rings. The van der Waals surface area contributed by atoms with Gasteiger partial charge in [0.1, 0.15) is 28.8 Å². The molecule has 27 heavy (non-hydrogen) atoms. The van der Waals surface area contributed by atoms with Gasteiger partial charge in [0, 0.05) is 13.1 Å². The van der Waals surface area contributed by atoms with Crippen molar-refractivity contribution in [2.75, 3.05) is 19.6 Å². The summed E-state index contributed by atoms with van der Waals surface area (Å²) in [7, 11) is 0. The molecule has 0 spiro atoms. The monoisotopic (exact) mass is 493 g/mol. The fourth-order valence-corrected chi connectivity index (χ4v) is 2.43. The molecule has 0 amide bonds. The van der Waals surface area contributed by atoms with Gasteiger partial charge in [-0.25, -0.2) is 13.8 Å². The summed E-state index contributed by atoms with van der Waals surface area (Å²) in [5, 5.41) is 16.6. The molecule has 3 N–H and O–H groups in total. The summed E-state index contributed by atoms with van der Waals surface area (Å²) in [6, 6.07) is 6.90. The lowest BCUT2D eigenvalue weighted by Crippen LogP contribution is -2.39. The minimum absolute atomic E-state index is 0. The van der Waals surface area contributed by atoms with E-state index in [0.29, 0.717) is 42.6 Å². The van der Waals surface area contributed by atoms with Gasteiger partial charge in [0.15, 0.2) is 5.96 Å². The van der Waals surface area contributed by atoms with Crippen molar-refractivity contribution in [1.82, 2.24) is 10.6 Å². The number of nitrogens with zero attached hydrogens (tertiary/aromatic N) is 1. The molecular formula is C19H26F2IN3O2. The maximum absolute atomic E-state index is 13.7. The summed E-state index contributed by atoms with van der Waals surface area (Å²) in [5.41, 5.74) is -0.947. The molecule has 2 rings (SSSR count). The van der Waals surface area contributed by atoms with Gasteiger partial charge in [-0.3, -0.25) is 0 Å². The third-order valence-corrected chi connectivity index (χ3v) is 3.86. The lowest BCUT2D eigenvalue weighted by Gasteiger charge is -2.19. The number of guanidine groups is 1. The number of benzene rings is 1. The largest absolute Gasteiger partial charge is 0.463 e. The molecule has 0 fully saturated rings. The fourth-order valence-electron chi connectivity index (χ4n) is 2.43. The highest BCUT2D eigenvalue weighted by Gasteiger charge is 2.26. The number of nitrogens with one attached hydrogen (secondary N) is 2. The SMILES string of the molecule is CCNC(=NCC(C)(O)c1ccc(C)o1)NCCc1cc(F)ccc1F.I. The van der Waals surface area contributed by atoms with E-state index >= 15 is 0 Å². The first kappa shape index (κ1) is 23.4. The Morgan fingerprint density at radius 3 is 2.59 bits per heavy atom. The molecule has 5 nitrogen and oxygen atoms in total. The molecule has 1 atom stereocenters. The van der Waals surface area contributed by atoms with Crippen LogP contribution < -0.4 is 10.6 Å². The molecular weight excluding hydrogens is 467 g/mol. The Morgan fingerprint density at radius 1 is 1.22 bits per heavy atom. The average molecular weight is 493 g/mol. The fraction of sp³-hybridized carbons (Fsp3) is 0.421. The number of hydrogen-bond donors (Lipinski definition) is 3. The van der Waals surface area contributed by atoms with Crippen molar-refractivity contribution in [3.05, 3.63) is 59.1 Å². The molecule has 0 aliphatic carbocycles. The Labute approximate surface area is 175 Å². The zero-order chi connectivity index (χ0) is 19.2. The van der Waals surface area contributed by atoms with Crippen molar-refractivity contribution < 1.29 is 18.3 Å². The lowest BCUT2D eigenvalue weighted by molar-refractivity contribution is 0.0428. The van der Waals surface area contributed by atoms with E-state index in [0.717, 1.165) is 12.1 Å². The highest BCUT2D eigenvalue weighted by atomic mass is 127. The maximum Gasteiger partial charge on any atom is 0.191 e. The van der Waals surface area contributed by atoms with Crippen LogP contribution in [-0.2, 0) is 12.0 Å². The van der Waals surface area contributed by atoms with Crippen LogP contribution in [0.2, 0.25) is 0 Å². The van der Waals surface area contributed by atoms with Gasteiger partial charge in [-0.15, -0.1) is 24.0 Å². The normalized spacial score (nSPS) is 13.6. The molecule has 0 aliphatic rings. The van der Waals surface area contributed by atoms with Gasteiger partial charge in [-0.1, -0.05) is 0 Å². The second-order valence-electron chi connectivity index (χ2n) is 6.29. The standard InChI is InChI=1S/C19H25F2N3O2.HI/c1-4-22-18(23-10-9-14-11-15(20)6-7-16(14)21)24-12-19(3,25)17-8-5-13(2)26-17;/h5-8,11,25H,4,9-10,12H2,1-3H3,(H2,22,23,24);1H. The van der Waals surface area contributed by atoms with Crippen LogP contribution in [0, 0.1) is 18.6 Å². The van der Waals surface area contributed by atoms with Crippen LogP contribution in [0.25, 0.3) is 0 Å². The van der Waals surface area contributed by atoms with E-state index in [2.05, 4.69) is 15.6 Å². The topological polar surface area (TPSA) is 69.8 Å². The van der Waals surface area contributed by atoms with Crippen LogP contribution in [0.4, 0.5) is 8.78 Å². The van der Waals surface area contributed by atoms with Crippen LogP contribution in [0.15, 0.2) is 39.7 Å². The van der Waals surface area contributed by atoms with Gasteiger partial charge in [-0.2, -0.15) is 0 Å². The number of aliphatic hydroxyl groups is 1. The van der Waals surface area contributed by atoms with Crippen molar-refractivity contribution in [1.29, 1.82) is 0 Å². The number of aryl methyl sites for hydroxylation is 1. The maximum atomic E-state index is 13.7.